The number of fused-ring (bicyclic) bond motifs is 1. The molecule has 214 valence electrons. The molecule has 0 unspecified atom stereocenters. The van der Waals surface area contributed by atoms with E-state index in [2.05, 4.69) is 32.1 Å². The van der Waals surface area contributed by atoms with Gasteiger partial charge in [-0.3, -0.25) is 9.89 Å². The fourth-order valence-corrected chi connectivity index (χ4v) is 5.24. The van der Waals surface area contributed by atoms with E-state index in [1.807, 2.05) is 12.1 Å². The molecule has 2 aromatic rings. The first kappa shape index (κ1) is 28.2. The summed E-state index contributed by atoms with van der Waals surface area (Å²) in [5.41, 5.74) is 2.42. The van der Waals surface area contributed by atoms with Crippen molar-refractivity contribution in [1.82, 2.24) is 14.7 Å². The van der Waals surface area contributed by atoms with Gasteiger partial charge in [0, 0.05) is 62.8 Å². The molecular weight excluding hydrogens is 524 g/mol. The van der Waals surface area contributed by atoms with Crippen molar-refractivity contribution in [2.24, 2.45) is 4.99 Å². The second kappa shape index (κ2) is 13.3. The van der Waals surface area contributed by atoms with Crippen molar-refractivity contribution in [3.8, 4) is 17.6 Å². The number of amides is 2. The van der Waals surface area contributed by atoms with Crippen LogP contribution in [0.2, 0.25) is 0 Å². The van der Waals surface area contributed by atoms with Gasteiger partial charge in [0.25, 0.3) is 0 Å². The maximum Gasteiger partial charge on any atom is 0.321 e. The molecule has 11 nitrogen and oxygen atoms in total. The summed E-state index contributed by atoms with van der Waals surface area (Å²) < 4.78 is 17.2. The topological polar surface area (TPSA) is 120 Å². The summed E-state index contributed by atoms with van der Waals surface area (Å²) in [5, 5.41) is 13.4. The van der Waals surface area contributed by atoms with E-state index < -0.39 is 0 Å². The average Bonchev–Trinajstić information content (AvgIpc) is 3.03. The second-order valence-electron chi connectivity index (χ2n) is 10.0. The first-order valence-corrected chi connectivity index (χ1v) is 13.8. The zero-order chi connectivity index (χ0) is 28.6. The Morgan fingerprint density at radius 2 is 1.83 bits per heavy atom. The van der Waals surface area contributed by atoms with Crippen molar-refractivity contribution in [2.45, 2.75) is 6.42 Å². The number of nitriles is 1. The Hall–Kier alpha value is -4.36. The summed E-state index contributed by atoms with van der Waals surface area (Å²) in [7, 11) is 1.60. The van der Waals surface area contributed by atoms with E-state index in [0.29, 0.717) is 61.1 Å². The normalized spacial score (nSPS) is 17.2. The Bertz CT molecular complexity index is 1460. The number of morpholine rings is 1. The minimum Gasteiger partial charge on any atom is -0.493 e. The van der Waals surface area contributed by atoms with Crippen LogP contribution in [0.15, 0.2) is 47.0 Å². The number of methoxy groups -OCH3 is 1. The summed E-state index contributed by atoms with van der Waals surface area (Å²) in [5.74, 6) is 3.29. The molecule has 0 saturated carbocycles. The number of nitrogens with one attached hydrogen (secondary N) is 1. The molecule has 11 heteroatoms. The summed E-state index contributed by atoms with van der Waals surface area (Å²) >= 11 is 0. The molecule has 0 atom stereocenters. The molecule has 3 aliphatic rings. The summed E-state index contributed by atoms with van der Waals surface area (Å²) in [4.78, 5) is 35.6. The molecule has 1 N–H and O–H groups in total. The van der Waals surface area contributed by atoms with E-state index >= 15 is 0 Å². The average molecular weight is 559 g/mol. The number of rotatable bonds is 8. The SMILES string of the molecule is COc1cc2c(cc1OCCCN1CCOCC1)=NCC(=C=O)C=2N1CCN(C(=O)Nc2ccc(C#N)cc2)CC1. The highest BCUT2D eigenvalue weighted by molar-refractivity contribution is 5.89. The molecule has 41 heavy (non-hydrogen) atoms. The highest BCUT2D eigenvalue weighted by Gasteiger charge is 2.27. The van der Waals surface area contributed by atoms with Crippen LogP contribution in [0.4, 0.5) is 10.5 Å². The van der Waals surface area contributed by atoms with Gasteiger partial charge < -0.3 is 29.3 Å². The predicted molar refractivity (Wildman–Crippen MR) is 152 cm³/mol. The maximum atomic E-state index is 12.8. The lowest BCUT2D eigenvalue weighted by atomic mass is 10.0. The van der Waals surface area contributed by atoms with Crippen LogP contribution in [0.5, 0.6) is 11.5 Å². The molecule has 0 radical (unpaired) electrons. The van der Waals surface area contributed by atoms with Crippen LogP contribution in [0, 0.1) is 11.3 Å². The van der Waals surface area contributed by atoms with Gasteiger partial charge >= 0.3 is 6.03 Å². The third-order valence-corrected chi connectivity index (χ3v) is 7.48. The van der Waals surface area contributed by atoms with Gasteiger partial charge in [-0.1, -0.05) is 0 Å². The van der Waals surface area contributed by atoms with Gasteiger partial charge in [-0.15, -0.1) is 0 Å². The fourth-order valence-electron chi connectivity index (χ4n) is 5.24. The Labute approximate surface area is 238 Å². The van der Waals surface area contributed by atoms with Gasteiger partial charge in [0.15, 0.2) is 11.5 Å². The number of urea groups is 1. The lowest BCUT2D eigenvalue weighted by Crippen LogP contribution is -2.51. The summed E-state index contributed by atoms with van der Waals surface area (Å²) in [6, 6.07) is 12.4. The molecule has 2 amide bonds. The number of piperazine rings is 1. The molecule has 5 rings (SSSR count). The number of ether oxygens (including phenoxy) is 3. The molecule has 2 saturated heterocycles. The zero-order valence-electron chi connectivity index (χ0n) is 23.2. The van der Waals surface area contributed by atoms with Crippen LogP contribution >= 0.6 is 0 Å². The standard InChI is InChI=1S/C30H34N6O5/c1-39-27-17-25-26(18-28(27)41-14-2-7-34-12-15-40-16-13-34)32-20-23(21-37)29(25)35-8-10-36(11-9-35)30(38)33-24-5-3-22(19-31)4-6-24/h3-6,17-18H,2,7-16,20H2,1H3,(H,33,38). The largest absolute Gasteiger partial charge is 0.493 e. The van der Waals surface area contributed by atoms with Crippen molar-refractivity contribution in [3.05, 3.63) is 58.1 Å². The van der Waals surface area contributed by atoms with Crippen LogP contribution in [0.1, 0.15) is 12.0 Å². The number of anilines is 1. The van der Waals surface area contributed by atoms with Crippen LogP contribution in [-0.4, -0.2) is 106 Å². The highest BCUT2D eigenvalue weighted by atomic mass is 16.5. The number of benzene rings is 2. The molecular formula is C30H34N6O5. The van der Waals surface area contributed by atoms with Gasteiger partial charge in [0.2, 0.25) is 0 Å². The van der Waals surface area contributed by atoms with Gasteiger partial charge in [-0.25, -0.2) is 9.59 Å². The first-order valence-electron chi connectivity index (χ1n) is 13.8. The van der Waals surface area contributed by atoms with Crippen LogP contribution < -0.4 is 25.4 Å². The van der Waals surface area contributed by atoms with Crippen molar-refractivity contribution >= 4 is 23.4 Å². The lowest BCUT2D eigenvalue weighted by Gasteiger charge is -2.37. The van der Waals surface area contributed by atoms with E-state index in [1.165, 1.54) is 0 Å². The molecule has 0 bridgehead atoms. The second-order valence-corrected chi connectivity index (χ2v) is 10.0. The number of hydrogen-bond donors (Lipinski definition) is 1. The minimum absolute atomic E-state index is 0.207. The molecule has 3 aliphatic heterocycles. The van der Waals surface area contributed by atoms with E-state index in [1.54, 1.807) is 36.3 Å². The van der Waals surface area contributed by atoms with E-state index in [-0.39, 0.29) is 12.6 Å². The van der Waals surface area contributed by atoms with Crippen molar-refractivity contribution < 1.29 is 23.8 Å². The molecule has 0 aromatic heterocycles. The van der Waals surface area contributed by atoms with Crippen LogP contribution in [0.3, 0.4) is 0 Å². The number of carbonyl (C=O) groups is 1. The van der Waals surface area contributed by atoms with Crippen LogP contribution in [-0.2, 0) is 9.53 Å². The van der Waals surface area contributed by atoms with Crippen molar-refractivity contribution in [1.29, 1.82) is 5.26 Å². The van der Waals surface area contributed by atoms with Gasteiger partial charge in [0.1, 0.15) is 5.94 Å². The Kier molecular flexibility index (Phi) is 9.16. The third-order valence-electron chi connectivity index (χ3n) is 7.48. The molecule has 2 fully saturated rings. The predicted octanol–water partition coefficient (Wildman–Crippen LogP) is 1.02. The third kappa shape index (κ3) is 6.69. The van der Waals surface area contributed by atoms with Gasteiger partial charge in [-0.2, -0.15) is 5.26 Å². The zero-order valence-corrected chi connectivity index (χ0v) is 23.2. The van der Waals surface area contributed by atoms with E-state index in [9.17, 15) is 9.59 Å². The molecule has 0 spiro atoms. The van der Waals surface area contributed by atoms with Crippen molar-refractivity contribution in [2.75, 3.05) is 84.6 Å². The number of carbonyl (C=O) groups excluding carboxylic acids is 2. The maximum absolute atomic E-state index is 12.8. The summed E-state index contributed by atoms with van der Waals surface area (Å²) in [6.45, 7) is 7.22. The summed E-state index contributed by atoms with van der Waals surface area (Å²) in [6.07, 6.45) is 0.885. The lowest BCUT2D eigenvalue weighted by molar-refractivity contribution is 0.0357. The minimum atomic E-state index is -0.207. The Morgan fingerprint density at radius 1 is 1.07 bits per heavy atom. The van der Waals surface area contributed by atoms with E-state index in [4.69, 9.17) is 19.5 Å². The molecule has 3 heterocycles. The van der Waals surface area contributed by atoms with Crippen molar-refractivity contribution in [3.63, 3.8) is 0 Å². The molecule has 2 aromatic carbocycles. The van der Waals surface area contributed by atoms with Crippen LogP contribution in [0.25, 0.3) is 5.70 Å². The number of hydrogen-bond acceptors (Lipinski definition) is 9. The Morgan fingerprint density at radius 3 is 2.51 bits per heavy atom. The highest BCUT2D eigenvalue weighted by Crippen LogP contribution is 2.26. The number of nitrogens with zero attached hydrogens (tertiary/aromatic N) is 5. The van der Waals surface area contributed by atoms with E-state index in [0.717, 1.165) is 55.5 Å². The monoisotopic (exact) mass is 558 g/mol. The first-order chi connectivity index (χ1) is 20.1. The molecule has 0 aliphatic carbocycles. The smallest absolute Gasteiger partial charge is 0.321 e. The Balaban J connectivity index is 1.28. The van der Waals surface area contributed by atoms with Gasteiger partial charge in [0.05, 0.1) is 61.7 Å². The quantitative estimate of drug-likeness (QED) is 0.377. The fraction of sp³-hybridized carbons (Fsp3) is 0.433. The van der Waals surface area contributed by atoms with Gasteiger partial charge in [-0.05, 0) is 36.8 Å².